The van der Waals surface area contributed by atoms with Crippen LogP contribution < -0.4 is 37.2 Å². The van der Waals surface area contributed by atoms with Gasteiger partial charge in [-0.1, -0.05) is 0 Å². The molecular weight excluding hydrogens is 334 g/mol. The monoisotopic (exact) mass is 344 g/mol. The molecule has 4 heteroatoms. The Morgan fingerprint density at radius 3 is 2.00 bits per heavy atom. The summed E-state index contributed by atoms with van der Waals surface area (Å²) in [5.74, 6) is 0.456. The van der Waals surface area contributed by atoms with Crippen LogP contribution >= 0.6 is 0 Å². The van der Waals surface area contributed by atoms with Gasteiger partial charge in [0.25, 0.3) is 0 Å². The maximum absolute atomic E-state index is 2.30. The van der Waals surface area contributed by atoms with Crippen LogP contribution in [0.2, 0.25) is 0 Å². The molecule has 1 aliphatic carbocycles. The molecule has 0 heterocycles. The fourth-order valence-electron chi connectivity index (χ4n) is 2.33. The van der Waals surface area contributed by atoms with Gasteiger partial charge >= 0.3 is 108 Å². The summed E-state index contributed by atoms with van der Waals surface area (Å²) in [6.45, 7) is 0. The molecule has 0 saturated heterocycles. The van der Waals surface area contributed by atoms with Crippen molar-refractivity contribution in [2.75, 3.05) is 0 Å². The van der Waals surface area contributed by atoms with Crippen LogP contribution in [0.5, 0.6) is 0 Å². The van der Waals surface area contributed by atoms with E-state index in [4.69, 9.17) is 0 Å². The zero-order chi connectivity index (χ0) is 11.0. The number of benzene rings is 2. The number of allylic oxidation sites excluding steroid dienone is 1. The first kappa shape index (κ1) is 18.8. The van der Waals surface area contributed by atoms with Gasteiger partial charge in [-0.3, -0.25) is 0 Å². The standard InChI is InChI=1S/C15H11.3ClH.Ti/c1-2-6-12(7-3-1)15-11-10-13-8-4-5-9-14(13)15;;;;/h1-10,15H;3*1H;/q;;;;+3/p-3. The molecule has 1 unspecified atom stereocenters. The van der Waals surface area contributed by atoms with Crippen molar-refractivity contribution >= 4 is 6.08 Å². The molecular formula is C15H11Cl3Ti. The van der Waals surface area contributed by atoms with Crippen LogP contribution in [-0.4, -0.2) is 0 Å². The Morgan fingerprint density at radius 2 is 1.32 bits per heavy atom. The van der Waals surface area contributed by atoms with E-state index in [0.29, 0.717) is 5.92 Å². The van der Waals surface area contributed by atoms with Crippen molar-refractivity contribution in [2.24, 2.45) is 0 Å². The van der Waals surface area contributed by atoms with E-state index >= 15 is 0 Å². The molecule has 2 aromatic rings. The van der Waals surface area contributed by atoms with Crippen LogP contribution in [-0.2, 0) is 20.4 Å². The molecule has 1 aliphatic rings. The number of rotatable bonds is 1. The normalized spacial score (nSPS) is 15.3. The van der Waals surface area contributed by atoms with Crippen molar-refractivity contribution in [1.29, 1.82) is 0 Å². The molecule has 0 nitrogen and oxygen atoms in total. The first-order valence-corrected chi connectivity index (χ1v) is 6.21. The Kier molecular flexibility index (Phi) is 8.04. The molecule has 2 aromatic carbocycles. The average Bonchev–Trinajstić information content (AvgIpc) is 2.66. The molecule has 0 amide bonds. The zero-order valence-electron chi connectivity index (χ0n) is 9.98. The molecule has 3 rings (SSSR count). The van der Waals surface area contributed by atoms with Crippen LogP contribution in [0.1, 0.15) is 22.6 Å². The van der Waals surface area contributed by atoms with Gasteiger partial charge in [0.15, 0.2) is 0 Å². The first-order chi connectivity index (χ1) is 7.86. The van der Waals surface area contributed by atoms with Gasteiger partial charge in [0.1, 0.15) is 0 Å². The minimum absolute atomic E-state index is 0. The van der Waals surface area contributed by atoms with E-state index in [2.05, 4.69) is 81.1 Å². The molecule has 96 valence electrons. The summed E-state index contributed by atoms with van der Waals surface area (Å²) in [6, 6.07) is 19.4. The van der Waals surface area contributed by atoms with E-state index in [-0.39, 0.29) is 37.2 Å². The van der Waals surface area contributed by atoms with Crippen molar-refractivity contribution < 1.29 is 57.7 Å². The summed E-state index contributed by atoms with van der Waals surface area (Å²) in [7, 11) is 0. The van der Waals surface area contributed by atoms with Crippen LogP contribution in [0.25, 0.3) is 6.08 Å². The molecule has 0 fully saturated rings. The molecule has 0 aliphatic heterocycles. The topological polar surface area (TPSA) is 0 Å². The third-order valence-corrected chi connectivity index (χ3v) is 3.74. The minimum atomic E-state index is 0. The summed E-state index contributed by atoms with van der Waals surface area (Å²) >= 11 is 2.22. The Hall–Kier alpha value is -0.236. The fraction of sp³-hybridized carbons (Fsp3) is 0.0667. The maximum atomic E-state index is 2.30. The summed E-state index contributed by atoms with van der Waals surface area (Å²) < 4.78 is 1.44. The molecule has 0 aromatic heterocycles. The molecule has 0 spiro atoms. The van der Waals surface area contributed by atoms with E-state index in [1.165, 1.54) is 20.6 Å². The van der Waals surface area contributed by atoms with Crippen molar-refractivity contribution in [1.82, 2.24) is 0 Å². The van der Waals surface area contributed by atoms with E-state index in [1.807, 2.05) is 0 Å². The molecule has 0 bridgehead atoms. The van der Waals surface area contributed by atoms with Crippen molar-refractivity contribution in [3.8, 4) is 0 Å². The SMILES string of the molecule is [Cl-].[Cl-].[Cl-].[Ti+3][C]1=Cc2ccccc2C1c1ccccc1. The van der Waals surface area contributed by atoms with Gasteiger partial charge in [-0.15, -0.1) is 0 Å². The van der Waals surface area contributed by atoms with Crippen LogP contribution in [0, 0.1) is 0 Å². The van der Waals surface area contributed by atoms with E-state index in [1.54, 1.807) is 0 Å². The summed E-state index contributed by atoms with van der Waals surface area (Å²) in [4.78, 5) is 0. The number of hydrogen-bond donors (Lipinski definition) is 0. The van der Waals surface area contributed by atoms with E-state index < -0.39 is 0 Å². The van der Waals surface area contributed by atoms with Crippen molar-refractivity contribution in [3.63, 3.8) is 0 Å². The van der Waals surface area contributed by atoms with Gasteiger partial charge in [0.05, 0.1) is 0 Å². The Morgan fingerprint density at radius 1 is 0.737 bits per heavy atom. The molecule has 0 saturated carbocycles. The van der Waals surface area contributed by atoms with Gasteiger partial charge in [-0.25, -0.2) is 0 Å². The van der Waals surface area contributed by atoms with Gasteiger partial charge in [0.2, 0.25) is 0 Å². The van der Waals surface area contributed by atoms with Crippen LogP contribution in [0.15, 0.2) is 58.5 Å². The molecule has 0 N–H and O–H groups in total. The third kappa shape index (κ3) is 3.65. The predicted molar refractivity (Wildman–Crippen MR) is 62.7 cm³/mol. The Bertz CT molecular complexity index is 552. The first-order valence-electron chi connectivity index (χ1n) is 5.43. The summed E-state index contributed by atoms with van der Waals surface area (Å²) in [5.41, 5.74) is 4.20. The van der Waals surface area contributed by atoms with Gasteiger partial charge in [-0.05, 0) is 0 Å². The second-order valence-corrected chi connectivity index (χ2v) is 4.97. The van der Waals surface area contributed by atoms with Crippen LogP contribution in [0.4, 0.5) is 0 Å². The second-order valence-electron chi connectivity index (χ2n) is 4.07. The van der Waals surface area contributed by atoms with Gasteiger partial charge in [-0.2, -0.15) is 0 Å². The Labute approximate surface area is 144 Å². The third-order valence-electron chi connectivity index (χ3n) is 3.06. The van der Waals surface area contributed by atoms with E-state index in [0.717, 1.165) is 0 Å². The second kappa shape index (κ2) is 8.14. The van der Waals surface area contributed by atoms with E-state index in [9.17, 15) is 0 Å². The number of halogens is 3. The summed E-state index contributed by atoms with van der Waals surface area (Å²) in [6.07, 6.45) is 2.30. The quantitative estimate of drug-likeness (QED) is 0.453. The van der Waals surface area contributed by atoms with Gasteiger partial charge in [0, 0.05) is 0 Å². The van der Waals surface area contributed by atoms with Crippen molar-refractivity contribution in [3.05, 3.63) is 75.2 Å². The number of fused-ring (bicyclic) bond motifs is 1. The summed E-state index contributed by atoms with van der Waals surface area (Å²) in [5, 5.41) is 0. The number of hydrogen-bond acceptors (Lipinski definition) is 0. The van der Waals surface area contributed by atoms with Gasteiger partial charge < -0.3 is 37.2 Å². The van der Waals surface area contributed by atoms with Crippen molar-refractivity contribution in [2.45, 2.75) is 5.92 Å². The molecule has 19 heavy (non-hydrogen) atoms. The molecule has 1 atom stereocenters. The predicted octanol–water partition coefficient (Wildman–Crippen LogP) is -5.27. The fourth-order valence-corrected chi connectivity index (χ4v) is 3.07. The van der Waals surface area contributed by atoms with Crippen LogP contribution in [0.3, 0.4) is 0 Å². The molecule has 0 radical (unpaired) electrons. The Balaban J connectivity index is 0.00000108. The zero-order valence-corrected chi connectivity index (χ0v) is 13.8. The average molecular weight is 345 g/mol.